The Hall–Kier alpha value is -1.85. The Morgan fingerprint density at radius 1 is 1.17 bits per heavy atom. The van der Waals surface area contributed by atoms with Gasteiger partial charge in [0.05, 0.1) is 12.3 Å². The summed E-state index contributed by atoms with van der Waals surface area (Å²) in [7, 11) is 0. The first-order valence-electron chi connectivity index (χ1n) is 7.68. The third-order valence-electron chi connectivity index (χ3n) is 3.54. The van der Waals surface area contributed by atoms with E-state index in [-0.39, 0.29) is 12.0 Å². The van der Waals surface area contributed by atoms with Crippen molar-refractivity contribution < 1.29 is 14.3 Å². The zero-order valence-corrected chi connectivity index (χ0v) is 14.6. The van der Waals surface area contributed by atoms with Gasteiger partial charge in [0, 0.05) is 10.8 Å². The molecule has 0 bridgehead atoms. The molecule has 2 aromatic rings. The molecule has 0 saturated carbocycles. The van der Waals surface area contributed by atoms with Crippen molar-refractivity contribution in [3.05, 3.63) is 59.1 Å². The number of carbonyl (C=O) groups excluding carboxylic acids is 1. The number of hydrogen-bond acceptors (Lipinski definition) is 4. The SMILES string of the molecule is O=C(CSCc1ccccc1Cl)NC[C@H]1COc2ccccc2O1. The number of fused-ring (bicyclic) bond motifs is 1. The van der Waals surface area contributed by atoms with Crippen LogP contribution < -0.4 is 14.8 Å². The number of thioether (sulfide) groups is 1. The van der Waals surface area contributed by atoms with Crippen molar-refractivity contribution in [1.29, 1.82) is 0 Å². The maximum Gasteiger partial charge on any atom is 0.230 e. The summed E-state index contributed by atoms with van der Waals surface area (Å²) in [6.45, 7) is 0.865. The number of hydrogen-bond donors (Lipinski definition) is 1. The van der Waals surface area contributed by atoms with Gasteiger partial charge in [0.25, 0.3) is 0 Å². The van der Waals surface area contributed by atoms with E-state index >= 15 is 0 Å². The monoisotopic (exact) mass is 363 g/mol. The molecule has 0 fully saturated rings. The van der Waals surface area contributed by atoms with Crippen LogP contribution in [-0.2, 0) is 10.5 Å². The summed E-state index contributed by atoms with van der Waals surface area (Å²) < 4.78 is 11.4. The van der Waals surface area contributed by atoms with Gasteiger partial charge in [-0.2, -0.15) is 0 Å². The summed E-state index contributed by atoms with van der Waals surface area (Å²) in [6, 6.07) is 15.2. The van der Waals surface area contributed by atoms with Crippen LogP contribution in [0.3, 0.4) is 0 Å². The second-order valence-corrected chi connectivity index (χ2v) is 6.78. The van der Waals surface area contributed by atoms with Crippen LogP contribution in [0.25, 0.3) is 0 Å². The minimum absolute atomic E-state index is 0.0190. The van der Waals surface area contributed by atoms with Gasteiger partial charge in [-0.25, -0.2) is 0 Å². The highest BCUT2D eigenvalue weighted by molar-refractivity contribution is 7.99. The molecule has 1 N–H and O–H groups in total. The van der Waals surface area contributed by atoms with Crippen LogP contribution >= 0.6 is 23.4 Å². The molecule has 0 unspecified atom stereocenters. The van der Waals surface area contributed by atoms with Gasteiger partial charge >= 0.3 is 0 Å². The Kier molecular flexibility index (Phi) is 5.88. The molecule has 0 aliphatic carbocycles. The summed E-state index contributed by atoms with van der Waals surface area (Å²) in [6.07, 6.45) is -0.169. The smallest absolute Gasteiger partial charge is 0.230 e. The fraction of sp³-hybridized carbons (Fsp3) is 0.278. The minimum Gasteiger partial charge on any atom is -0.486 e. The molecule has 4 nitrogen and oxygen atoms in total. The minimum atomic E-state index is -0.169. The number of ether oxygens (including phenoxy) is 2. The lowest BCUT2D eigenvalue weighted by atomic mass is 10.2. The fourth-order valence-electron chi connectivity index (χ4n) is 2.31. The molecule has 1 aliphatic heterocycles. The van der Waals surface area contributed by atoms with Crippen LogP contribution in [-0.4, -0.2) is 30.9 Å². The molecule has 126 valence electrons. The van der Waals surface area contributed by atoms with Crippen molar-refractivity contribution in [3.8, 4) is 11.5 Å². The number of amides is 1. The lowest BCUT2D eigenvalue weighted by Gasteiger charge is -2.26. The standard InChI is InChI=1S/C18H18ClNO3S/c19-15-6-2-1-5-13(15)11-24-12-18(21)20-9-14-10-22-16-7-3-4-8-17(16)23-14/h1-8,14H,9-12H2,(H,20,21)/t14-/m0/s1. The van der Waals surface area contributed by atoms with Crippen molar-refractivity contribution in [1.82, 2.24) is 5.32 Å². The molecule has 1 atom stereocenters. The Labute approximate surface area is 150 Å². The molecule has 0 radical (unpaired) electrons. The second kappa shape index (κ2) is 8.31. The van der Waals surface area contributed by atoms with E-state index in [1.807, 2.05) is 48.5 Å². The number of carbonyl (C=O) groups is 1. The van der Waals surface area contributed by atoms with Crippen LogP contribution in [0, 0.1) is 0 Å². The van der Waals surface area contributed by atoms with E-state index in [1.54, 1.807) is 0 Å². The van der Waals surface area contributed by atoms with Gasteiger partial charge in [-0.3, -0.25) is 4.79 Å². The quantitative estimate of drug-likeness (QED) is 0.853. The van der Waals surface area contributed by atoms with Gasteiger partial charge in [-0.1, -0.05) is 41.9 Å². The highest BCUT2D eigenvalue weighted by atomic mass is 35.5. The lowest BCUT2D eigenvalue weighted by Crippen LogP contribution is -2.41. The van der Waals surface area contributed by atoms with E-state index in [1.165, 1.54) is 11.8 Å². The van der Waals surface area contributed by atoms with Crippen LogP contribution in [0.5, 0.6) is 11.5 Å². The van der Waals surface area contributed by atoms with Crippen LogP contribution in [0.1, 0.15) is 5.56 Å². The number of para-hydroxylation sites is 2. The van der Waals surface area contributed by atoms with E-state index in [0.29, 0.717) is 24.7 Å². The molecule has 3 rings (SSSR count). The first-order chi connectivity index (χ1) is 11.7. The van der Waals surface area contributed by atoms with Gasteiger partial charge in [0.1, 0.15) is 12.7 Å². The van der Waals surface area contributed by atoms with E-state index in [0.717, 1.165) is 22.1 Å². The van der Waals surface area contributed by atoms with Gasteiger partial charge in [0.2, 0.25) is 5.91 Å². The molecule has 1 heterocycles. The van der Waals surface area contributed by atoms with Gasteiger partial charge in [0.15, 0.2) is 11.5 Å². The highest BCUT2D eigenvalue weighted by Crippen LogP contribution is 2.30. The molecule has 24 heavy (non-hydrogen) atoms. The molecule has 6 heteroatoms. The number of nitrogens with one attached hydrogen (secondary N) is 1. The van der Waals surface area contributed by atoms with Gasteiger partial charge in [-0.05, 0) is 23.8 Å². The van der Waals surface area contributed by atoms with Crippen molar-refractivity contribution >= 4 is 29.3 Å². The largest absolute Gasteiger partial charge is 0.486 e. The maximum atomic E-state index is 11.9. The molecule has 0 spiro atoms. The molecule has 1 aliphatic rings. The first kappa shape index (κ1) is 17.0. The topological polar surface area (TPSA) is 47.6 Å². The van der Waals surface area contributed by atoms with E-state index in [4.69, 9.17) is 21.1 Å². The normalized spacial score (nSPS) is 15.8. The zero-order chi connectivity index (χ0) is 16.8. The Morgan fingerprint density at radius 2 is 1.92 bits per heavy atom. The zero-order valence-electron chi connectivity index (χ0n) is 13.0. The Bertz CT molecular complexity index is 710. The number of rotatable bonds is 6. The third-order valence-corrected chi connectivity index (χ3v) is 4.89. The predicted octanol–water partition coefficient (Wildman–Crippen LogP) is 3.53. The summed E-state index contributed by atoms with van der Waals surface area (Å²) in [5, 5.41) is 3.62. The van der Waals surface area contributed by atoms with E-state index in [9.17, 15) is 4.79 Å². The van der Waals surface area contributed by atoms with E-state index < -0.39 is 0 Å². The Morgan fingerprint density at radius 3 is 2.75 bits per heavy atom. The van der Waals surface area contributed by atoms with Crippen molar-refractivity contribution in [2.45, 2.75) is 11.9 Å². The van der Waals surface area contributed by atoms with Crippen molar-refractivity contribution in [2.24, 2.45) is 0 Å². The van der Waals surface area contributed by atoms with E-state index in [2.05, 4.69) is 5.32 Å². The predicted molar refractivity (Wildman–Crippen MR) is 97.0 cm³/mol. The molecule has 0 saturated heterocycles. The molecule has 1 amide bonds. The summed E-state index contributed by atoms with van der Waals surface area (Å²) in [5.74, 6) is 2.54. The van der Waals surface area contributed by atoms with Gasteiger partial charge in [-0.15, -0.1) is 11.8 Å². The third kappa shape index (κ3) is 4.58. The maximum absolute atomic E-state index is 11.9. The van der Waals surface area contributed by atoms with Crippen molar-refractivity contribution in [3.63, 3.8) is 0 Å². The summed E-state index contributed by atoms with van der Waals surface area (Å²) >= 11 is 7.63. The van der Waals surface area contributed by atoms with Crippen LogP contribution in [0.2, 0.25) is 5.02 Å². The first-order valence-corrected chi connectivity index (χ1v) is 9.22. The van der Waals surface area contributed by atoms with Gasteiger partial charge < -0.3 is 14.8 Å². The summed E-state index contributed by atoms with van der Waals surface area (Å²) in [4.78, 5) is 11.9. The Balaban J connectivity index is 1.38. The number of halogens is 1. The van der Waals surface area contributed by atoms with Crippen LogP contribution in [0.4, 0.5) is 0 Å². The molecular weight excluding hydrogens is 346 g/mol. The highest BCUT2D eigenvalue weighted by Gasteiger charge is 2.20. The number of benzene rings is 2. The summed E-state index contributed by atoms with van der Waals surface area (Å²) in [5.41, 5.74) is 1.04. The molecule has 0 aromatic heterocycles. The lowest BCUT2D eigenvalue weighted by molar-refractivity contribution is -0.119. The molecule has 2 aromatic carbocycles. The van der Waals surface area contributed by atoms with Crippen molar-refractivity contribution in [2.75, 3.05) is 18.9 Å². The fourth-order valence-corrected chi connectivity index (χ4v) is 3.45. The average molecular weight is 364 g/mol. The average Bonchev–Trinajstić information content (AvgIpc) is 2.61. The van der Waals surface area contributed by atoms with Crippen LogP contribution in [0.15, 0.2) is 48.5 Å². The molecular formula is C18H18ClNO3S. The second-order valence-electron chi connectivity index (χ2n) is 5.39.